The molecule has 0 N–H and O–H groups in total. The Balaban J connectivity index is 1.31. The summed E-state index contributed by atoms with van der Waals surface area (Å²) in [7, 11) is 0. The lowest BCUT2D eigenvalue weighted by Gasteiger charge is -2.34. The van der Waals surface area contributed by atoms with Gasteiger partial charge >= 0.3 is 0 Å². The first-order valence-corrected chi connectivity index (χ1v) is 13.7. The average molecular weight is 536 g/mol. The van der Waals surface area contributed by atoms with E-state index in [9.17, 15) is 0 Å². The van der Waals surface area contributed by atoms with Gasteiger partial charge in [0.15, 0.2) is 5.58 Å². The number of para-hydroxylation sites is 2. The highest BCUT2D eigenvalue weighted by Gasteiger charge is 2.41. The van der Waals surface area contributed by atoms with E-state index < -0.39 is 0 Å². The Hall–Kier alpha value is -5.04. The molecule has 0 saturated heterocycles. The minimum absolute atomic E-state index is 0.0779. The molecule has 2 aromatic heterocycles. The highest BCUT2D eigenvalue weighted by molar-refractivity contribution is 6.98. The van der Waals surface area contributed by atoms with Crippen molar-refractivity contribution in [1.82, 2.24) is 9.97 Å². The molecule has 0 saturated carbocycles. The van der Waals surface area contributed by atoms with Crippen LogP contribution in [0.4, 0.5) is 0 Å². The van der Waals surface area contributed by atoms with Gasteiger partial charge in [0.25, 0.3) is 6.71 Å². The van der Waals surface area contributed by atoms with Gasteiger partial charge in [-0.15, -0.1) is 0 Å². The molecule has 0 spiro atoms. The Bertz CT molecular complexity index is 1930. The molecule has 0 radical (unpaired) electrons. The van der Waals surface area contributed by atoms with Gasteiger partial charge in [0.2, 0.25) is 11.8 Å². The van der Waals surface area contributed by atoms with Gasteiger partial charge in [0.05, 0.1) is 0 Å². The molecule has 0 atom stereocenters. The summed E-state index contributed by atoms with van der Waals surface area (Å²) in [6.45, 7) is 6.44. The Labute approximate surface area is 237 Å². The van der Waals surface area contributed by atoms with Crippen LogP contribution in [0.5, 0.6) is 34.6 Å². The predicted molar refractivity (Wildman–Crippen MR) is 160 cm³/mol. The maximum Gasteiger partial charge on any atom is 0.260 e. The van der Waals surface area contributed by atoms with Crippen LogP contribution < -0.4 is 30.6 Å². The van der Waals surface area contributed by atoms with E-state index in [2.05, 4.69) is 44.0 Å². The van der Waals surface area contributed by atoms with Crippen LogP contribution in [0.1, 0.15) is 26.3 Å². The largest absolute Gasteiger partial charge is 0.458 e. The minimum atomic E-state index is -0.141. The van der Waals surface area contributed by atoms with Crippen LogP contribution >= 0.6 is 0 Å². The summed E-state index contributed by atoms with van der Waals surface area (Å²) >= 11 is 0. The van der Waals surface area contributed by atoms with E-state index in [0.717, 1.165) is 61.6 Å². The zero-order chi connectivity index (χ0) is 27.7. The number of pyridine rings is 1. The van der Waals surface area contributed by atoms with Crippen molar-refractivity contribution < 1.29 is 18.6 Å². The third-order valence-corrected chi connectivity index (χ3v) is 7.71. The molecule has 41 heavy (non-hydrogen) atoms. The fourth-order valence-electron chi connectivity index (χ4n) is 5.64. The van der Waals surface area contributed by atoms with Gasteiger partial charge in [-0.1, -0.05) is 45.0 Å². The SMILES string of the molecule is CC(C)(C)c1cc2c3c(c1)Oc1ccc(-c4nc5ccccc5o4)cc1B3c1cc(Oc3ccccn3)ccc1O2. The summed E-state index contributed by atoms with van der Waals surface area (Å²) in [6.07, 6.45) is 1.72. The summed E-state index contributed by atoms with van der Waals surface area (Å²) in [6, 6.07) is 29.8. The number of ether oxygens (including phenoxy) is 3. The van der Waals surface area contributed by atoms with Crippen molar-refractivity contribution >= 4 is 34.2 Å². The van der Waals surface area contributed by atoms with Gasteiger partial charge in [-0.2, -0.15) is 0 Å². The first kappa shape index (κ1) is 23.8. The molecule has 7 heteroatoms. The number of oxazole rings is 1. The van der Waals surface area contributed by atoms with Gasteiger partial charge < -0.3 is 18.6 Å². The molecule has 6 aromatic rings. The molecular formula is C34H25BN2O4. The predicted octanol–water partition coefficient (Wildman–Crippen LogP) is 6.71. The maximum absolute atomic E-state index is 6.58. The average Bonchev–Trinajstić information content (AvgIpc) is 3.41. The second-order valence-corrected chi connectivity index (χ2v) is 11.5. The van der Waals surface area contributed by atoms with Gasteiger partial charge in [0, 0.05) is 23.3 Å². The maximum atomic E-state index is 6.58. The summed E-state index contributed by atoms with van der Waals surface area (Å²) in [4.78, 5) is 9.07. The number of aromatic nitrogens is 2. The van der Waals surface area contributed by atoms with Gasteiger partial charge in [-0.3, -0.25) is 0 Å². The van der Waals surface area contributed by atoms with Crippen molar-refractivity contribution in [3.05, 3.63) is 103 Å². The Morgan fingerprint density at radius 2 is 1.46 bits per heavy atom. The number of fused-ring (bicyclic) bond motifs is 5. The molecular weight excluding hydrogens is 511 g/mol. The summed E-state index contributed by atoms with van der Waals surface area (Å²) < 4.78 is 25.4. The molecule has 0 fully saturated rings. The summed E-state index contributed by atoms with van der Waals surface area (Å²) in [5.74, 6) is 4.98. The van der Waals surface area contributed by atoms with Crippen LogP contribution in [0.3, 0.4) is 0 Å². The van der Waals surface area contributed by atoms with Crippen LogP contribution in [0.25, 0.3) is 22.6 Å². The van der Waals surface area contributed by atoms with E-state index in [0.29, 0.717) is 17.5 Å². The normalized spacial score (nSPS) is 13.1. The molecule has 198 valence electrons. The molecule has 2 aliphatic rings. The Morgan fingerprint density at radius 1 is 0.732 bits per heavy atom. The zero-order valence-corrected chi connectivity index (χ0v) is 22.8. The molecule has 6 nitrogen and oxygen atoms in total. The van der Waals surface area contributed by atoms with E-state index in [1.54, 1.807) is 6.20 Å². The fraction of sp³-hybridized carbons (Fsp3) is 0.118. The molecule has 0 amide bonds. The van der Waals surface area contributed by atoms with E-state index in [1.807, 2.05) is 72.8 Å². The molecule has 2 aliphatic heterocycles. The Kier molecular flexibility index (Phi) is 5.07. The summed E-state index contributed by atoms with van der Waals surface area (Å²) in [5.41, 5.74) is 6.55. The molecule has 0 aliphatic carbocycles. The second kappa shape index (κ2) is 8.73. The summed E-state index contributed by atoms with van der Waals surface area (Å²) in [5, 5.41) is 0. The smallest absolute Gasteiger partial charge is 0.260 e. The van der Waals surface area contributed by atoms with E-state index in [-0.39, 0.29) is 12.1 Å². The van der Waals surface area contributed by atoms with E-state index in [1.165, 1.54) is 0 Å². The van der Waals surface area contributed by atoms with Crippen LogP contribution in [0, 0.1) is 0 Å². The molecule has 0 bridgehead atoms. The highest BCUT2D eigenvalue weighted by atomic mass is 16.5. The van der Waals surface area contributed by atoms with Gasteiger partial charge in [-0.25, -0.2) is 9.97 Å². The van der Waals surface area contributed by atoms with E-state index in [4.69, 9.17) is 23.6 Å². The highest BCUT2D eigenvalue weighted by Crippen LogP contribution is 2.40. The quantitative estimate of drug-likeness (QED) is 0.234. The molecule has 4 heterocycles. The van der Waals surface area contributed by atoms with Crippen LogP contribution in [0.15, 0.2) is 102 Å². The number of nitrogens with zero attached hydrogens (tertiary/aromatic N) is 2. The van der Waals surface area contributed by atoms with Crippen molar-refractivity contribution in [3.63, 3.8) is 0 Å². The van der Waals surface area contributed by atoms with Crippen LogP contribution in [0.2, 0.25) is 0 Å². The first-order chi connectivity index (χ1) is 19.9. The lowest BCUT2D eigenvalue weighted by atomic mass is 9.34. The van der Waals surface area contributed by atoms with E-state index >= 15 is 0 Å². The number of hydrogen-bond acceptors (Lipinski definition) is 6. The number of rotatable bonds is 3. The lowest BCUT2D eigenvalue weighted by molar-refractivity contribution is 0.451. The van der Waals surface area contributed by atoms with Crippen LogP contribution in [-0.4, -0.2) is 16.7 Å². The molecule has 8 rings (SSSR count). The standard InChI is InChI=1S/C34H25BN2O4/c1-34(2,3)21-17-29-32-30(18-21)40-27-14-12-22(38-31-10-6-7-15-36-31)19-24(27)35(32)23-16-20(11-13-26(23)39-29)33-37-25-8-4-5-9-28(25)41-33/h4-19H,1-3H3. The van der Waals surface area contributed by atoms with Gasteiger partial charge in [-0.05, 0) is 82.6 Å². The number of benzene rings is 4. The van der Waals surface area contributed by atoms with Gasteiger partial charge in [0.1, 0.15) is 34.3 Å². The van der Waals surface area contributed by atoms with Crippen molar-refractivity contribution in [2.24, 2.45) is 0 Å². The first-order valence-electron chi connectivity index (χ1n) is 13.7. The monoisotopic (exact) mass is 536 g/mol. The zero-order valence-electron chi connectivity index (χ0n) is 22.8. The number of hydrogen-bond donors (Lipinski definition) is 0. The molecule has 0 unspecified atom stereocenters. The second-order valence-electron chi connectivity index (χ2n) is 11.5. The van der Waals surface area contributed by atoms with Crippen molar-refractivity contribution in [1.29, 1.82) is 0 Å². The molecule has 4 aromatic carbocycles. The Morgan fingerprint density at radius 3 is 2.20 bits per heavy atom. The lowest BCUT2D eigenvalue weighted by Crippen LogP contribution is -2.57. The topological polar surface area (TPSA) is 66.6 Å². The van der Waals surface area contributed by atoms with Crippen molar-refractivity contribution in [2.45, 2.75) is 26.2 Å². The third-order valence-electron chi connectivity index (χ3n) is 7.71. The van der Waals surface area contributed by atoms with Crippen molar-refractivity contribution in [3.8, 4) is 46.1 Å². The fourth-order valence-corrected chi connectivity index (χ4v) is 5.64. The van der Waals surface area contributed by atoms with Crippen molar-refractivity contribution in [2.75, 3.05) is 0 Å². The third kappa shape index (κ3) is 3.96. The minimum Gasteiger partial charge on any atom is -0.458 e. The van der Waals surface area contributed by atoms with Crippen LogP contribution in [-0.2, 0) is 5.41 Å².